The van der Waals surface area contributed by atoms with Crippen LogP contribution in [0.3, 0.4) is 0 Å². The molecule has 0 saturated heterocycles. The van der Waals surface area contributed by atoms with Crippen LogP contribution in [0.4, 0.5) is 4.39 Å². The van der Waals surface area contributed by atoms with Crippen LogP contribution in [-0.4, -0.2) is 15.0 Å². The quantitative estimate of drug-likeness (QED) is 0.758. The molecule has 0 fully saturated rings. The summed E-state index contributed by atoms with van der Waals surface area (Å²) in [6.45, 7) is 2.10. The second-order valence-corrected chi connectivity index (χ2v) is 5.00. The van der Waals surface area contributed by atoms with Gasteiger partial charge in [0.25, 0.3) is 9.05 Å². The van der Waals surface area contributed by atoms with E-state index >= 15 is 0 Å². The molecule has 0 bridgehead atoms. The van der Waals surface area contributed by atoms with Gasteiger partial charge in [-0.15, -0.1) is 0 Å². The molecule has 0 spiro atoms. The molecule has 1 rings (SSSR count). The first kappa shape index (κ1) is 11.3. The lowest BCUT2D eigenvalue weighted by Crippen LogP contribution is -1.98. The van der Waals surface area contributed by atoms with Gasteiger partial charge in [0.1, 0.15) is 16.5 Å². The van der Waals surface area contributed by atoms with Gasteiger partial charge in [-0.25, -0.2) is 12.8 Å². The zero-order chi connectivity index (χ0) is 10.8. The molecule has 6 heteroatoms. The number of benzene rings is 1. The summed E-state index contributed by atoms with van der Waals surface area (Å²) in [5, 5.41) is 0. The molecule has 78 valence electrons. The Bertz CT molecular complexity index is 430. The second kappa shape index (κ2) is 4.14. The van der Waals surface area contributed by atoms with Crippen LogP contribution in [0, 0.1) is 5.82 Å². The van der Waals surface area contributed by atoms with Crippen LogP contribution < -0.4 is 4.74 Å². The zero-order valence-electron chi connectivity index (χ0n) is 7.33. The molecule has 1 aromatic rings. The number of ether oxygens (including phenoxy) is 1. The Labute approximate surface area is 85.9 Å². The summed E-state index contributed by atoms with van der Waals surface area (Å²) < 4.78 is 39.8. The maximum Gasteiger partial charge on any atom is 0.264 e. The Hall–Kier alpha value is -0.810. The van der Waals surface area contributed by atoms with Crippen LogP contribution in [-0.2, 0) is 9.05 Å². The molecular formula is C8H8ClFO3S. The highest BCUT2D eigenvalue weighted by molar-refractivity contribution is 8.13. The van der Waals surface area contributed by atoms with Gasteiger partial charge in [0.05, 0.1) is 6.61 Å². The first-order chi connectivity index (χ1) is 6.45. The summed E-state index contributed by atoms with van der Waals surface area (Å²) in [5.41, 5.74) is 0. The largest absolute Gasteiger partial charge is 0.494 e. The summed E-state index contributed by atoms with van der Waals surface area (Å²) in [6, 6.07) is 3.39. The van der Waals surface area contributed by atoms with E-state index in [2.05, 4.69) is 0 Å². The smallest absolute Gasteiger partial charge is 0.264 e. The van der Waals surface area contributed by atoms with Crippen molar-refractivity contribution in [1.29, 1.82) is 0 Å². The zero-order valence-corrected chi connectivity index (χ0v) is 8.90. The van der Waals surface area contributed by atoms with Gasteiger partial charge in [-0.2, -0.15) is 0 Å². The highest BCUT2D eigenvalue weighted by Crippen LogP contribution is 2.23. The van der Waals surface area contributed by atoms with Crippen molar-refractivity contribution in [3.63, 3.8) is 0 Å². The van der Waals surface area contributed by atoms with Crippen LogP contribution in [0.25, 0.3) is 0 Å². The van der Waals surface area contributed by atoms with Gasteiger partial charge in [0, 0.05) is 16.7 Å². The fraction of sp³-hybridized carbons (Fsp3) is 0.250. The van der Waals surface area contributed by atoms with E-state index in [0.29, 0.717) is 6.61 Å². The Morgan fingerprint density at radius 3 is 2.64 bits per heavy atom. The molecule has 0 aromatic heterocycles. The van der Waals surface area contributed by atoms with Crippen LogP contribution in [0.1, 0.15) is 6.92 Å². The normalized spacial score (nSPS) is 11.4. The molecule has 14 heavy (non-hydrogen) atoms. The molecule has 1 aromatic carbocycles. The molecule has 0 aliphatic carbocycles. The van der Waals surface area contributed by atoms with Crippen molar-refractivity contribution in [3.05, 3.63) is 24.0 Å². The van der Waals surface area contributed by atoms with E-state index < -0.39 is 19.8 Å². The maximum absolute atomic E-state index is 13.0. The number of hydrogen-bond donors (Lipinski definition) is 0. The molecule has 0 amide bonds. The van der Waals surface area contributed by atoms with Crippen molar-refractivity contribution >= 4 is 19.7 Å². The Kier molecular flexibility index (Phi) is 3.34. The standard InChI is InChI=1S/C8H8ClFO3S/c1-2-13-6-3-4-7(10)8(5-6)14(9,11)12/h3-5H,2H2,1H3. The third-order valence-electron chi connectivity index (χ3n) is 1.48. The molecule has 0 saturated carbocycles. The van der Waals surface area contributed by atoms with Crippen molar-refractivity contribution in [2.45, 2.75) is 11.8 Å². The molecule has 0 atom stereocenters. The minimum Gasteiger partial charge on any atom is -0.494 e. The Morgan fingerprint density at radius 1 is 1.50 bits per heavy atom. The van der Waals surface area contributed by atoms with Crippen molar-refractivity contribution in [2.24, 2.45) is 0 Å². The third kappa shape index (κ3) is 2.59. The number of rotatable bonds is 3. The minimum absolute atomic E-state index is 0.271. The lowest BCUT2D eigenvalue weighted by atomic mass is 10.3. The first-order valence-electron chi connectivity index (χ1n) is 3.82. The van der Waals surface area contributed by atoms with Gasteiger partial charge in [-0.1, -0.05) is 0 Å². The average Bonchev–Trinajstić information content (AvgIpc) is 2.07. The van der Waals surface area contributed by atoms with Crippen LogP contribution >= 0.6 is 10.7 Å². The number of hydrogen-bond acceptors (Lipinski definition) is 3. The highest BCUT2D eigenvalue weighted by Gasteiger charge is 2.16. The van der Waals surface area contributed by atoms with Gasteiger partial charge < -0.3 is 4.74 Å². The van der Waals surface area contributed by atoms with E-state index in [4.69, 9.17) is 15.4 Å². The maximum atomic E-state index is 13.0. The second-order valence-electron chi connectivity index (χ2n) is 2.46. The molecular weight excluding hydrogens is 231 g/mol. The molecule has 3 nitrogen and oxygen atoms in total. The summed E-state index contributed by atoms with van der Waals surface area (Å²) in [6.07, 6.45) is 0. The SMILES string of the molecule is CCOc1ccc(F)c(S(=O)(=O)Cl)c1. The minimum atomic E-state index is -4.06. The van der Waals surface area contributed by atoms with E-state index in [-0.39, 0.29) is 5.75 Å². The molecule has 0 aliphatic heterocycles. The van der Waals surface area contributed by atoms with Gasteiger partial charge >= 0.3 is 0 Å². The highest BCUT2D eigenvalue weighted by atomic mass is 35.7. The predicted molar refractivity (Wildman–Crippen MR) is 50.6 cm³/mol. The third-order valence-corrected chi connectivity index (χ3v) is 2.81. The van der Waals surface area contributed by atoms with Gasteiger partial charge in [-0.05, 0) is 19.1 Å². The summed E-state index contributed by atoms with van der Waals surface area (Å²) in [7, 11) is 0.956. The first-order valence-corrected chi connectivity index (χ1v) is 6.13. The molecule has 0 unspecified atom stereocenters. The monoisotopic (exact) mass is 238 g/mol. The van der Waals surface area contributed by atoms with Gasteiger partial charge in [0.15, 0.2) is 0 Å². The molecule has 0 radical (unpaired) electrons. The van der Waals surface area contributed by atoms with Crippen LogP contribution in [0.5, 0.6) is 5.75 Å². The van der Waals surface area contributed by atoms with E-state index in [1.54, 1.807) is 6.92 Å². The predicted octanol–water partition coefficient (Wildman–Crippen LogP) is 2.15. The van der Waals surface area contributed by atoms with Crippen molar-refractivity contribution in [3.8, 4) is 5.75 Å². The summed E-state index contributed by atoms with van der Waals surface area (Å²) in [4.78, 5) is -0.565. The average molecular weight is 239 g/mol. The van der Waals surface area contributed by atoms with Gasteiger partial charge in [-0.3, -0.25) is 0 Å². The Morgan fingerprint density at radius 2 is 2.14 bits per heavy atom. The lowest BCUT2D eigenvalue weighted by molar-refractivity contribution is 0.338. The van der Waals surface area contributed by atoms with Crippen LogP contribution in [0.15, 0.2) is 23.1 Å². The molecule has 0 heterocycles. The van der Waals surface area contributed by atoms with E-state index in [0.717, 1.165) is 12.1 Å². The van der Waals surface area contributed by atoms with E-state index in [9.17, 15) is 12.8 Å². The lowest BCUT2D eigenvalue weighted by Gasteiger charge is -2.04. The topological polar surface area (TPSA) is 43.4 Å². The Balaban J connectivity index is 3.22. The number of halogens is 2. The van der Waals surface area contributed by atoms with Gasteiger partial charge in [0.2, 0.25) is 0 Å². The van der Waals surface area contributed by atoms with Crippen molar-refractivity contribution in [2.75, 3.05) is 6.61 Å². The van der Waals surface area contributed by atoms with E-state index in [1.165, 1.54) is 6.07 Å². The van der Waals surface area contributed by atoms with Crippen molar-refractivity contribution < 1.29 is 17.5 Å². The fourth-order valence-electron chi connectivity index (χ4n) is 0.927. The molecule has 0 N–H and O–H groups in total. The summed E-state index contributed by atoms with van der Waals surface area (Å²) >= 11 is 0. The van der Waals surface area contributed by atoms with Crippen LogP contribution in [0.2, 0.25) is 0 Å². The molecule has 0 aliphatic rings. The van der Waals surface area contributed by atoms with Crippen molar-refractivity contribution in [1.82, 2.24) is 0 Å². The fourth-order valence-corrected chi connectivity index (χ4v) is 1.84. The summed E-state index contributed by atoms with van der Waals surface area (Å²) in [5.74, 6) is -0.614. The van der Waals surface area contributed by atoms with E-state index in [1.807, 2.05) is 0 Å².